The van der Waals surface area contributed by atoms with Crippen LogP contribution in [0, 0.1) is 6.92 Å². The summed E-state index contributed by atoms with van der Waals surface area (Å²) in [5, 5.41) is 3.18. The number of benzene rings is 2. The minimum Gasteiger partial charge on any atom is -0.349 e. The molecule has 0 unspecified atom stereocenters. The molecule has 2 aromatic carbocycles. The largest absolute Gasteiger partial charge is 0.349 e. The van der Waals surface area contributed by atoms with Gasteiger partial charge in [0, 0.05) is 24.7 Å². The van der Waals surface area contributed by atoms with Crippen LogP contribution in [0.3, 0.4) is 0 Å². The first-order valence-electron chi connectivity index (χ1n) is 8.77. The number of aromatic amines is 1. The van der Waals surface area contributed by atoms with Gasteiger partial charge in [0.25, 0.3) is 5.91 Å². The van der Waals surface area contributed by atoms with E-state index in [1.54, 1.807) is 0 Å². The van der Waals surface area contributed by atoms with Crippen molar-refractivity contribution in [3.8, 4) is 0 Å². The maximum absolute atomic E-state index is 12.5. The van der Waals surface area contributed by atoms with Gasteiger partial charge in [0.2, 0.25) is 5.95 Å². The van der Waals surface area contributed by atoms with E-state index in [1.165, 1.54) is 0 Å². The molecule has 1 saturated heterocycles. The summed E-state index contributed by atoms with van der Waals surface area (Å²) in [6.07, 6.45) is 1.85. The monoisotopic (exact) mass is 334 g/mol. The summed E-state index contributed by atoms with van der Waals surface area (Å²) in [4.78, 5) is 22.8. The van der Waals surface area contributed by atoms with Crippen LogP contribution in [-0.4, -0.2) is 35.0 Å². The van der Waals surface area contributed by atoms with E-state index in [9.17, 15) is 4.79 Å². The van der Waals surface area contributed by atoms with E-state index >= 15 is 0 Å². The zero-order valence-electron chi connectivity index (χ0n) is 14.3. The van der Waals surface area contributed by atoms with Crippen molar-refractivity contribution < 1.29 is 4.79 Å². The van der Waals surface area contributed by atoms with Crippen molar-refractivity contribution >= 4 is 22.9 Å². The molecule has 3 aromatic rings. The molecular formula is C20H22N4O. The number of hydrogen-bond donors (Lipinski definition) is 2. The van der Waals surface area contributed by atoms with Crippen LogP contribution >= 0.6 is 0 Å². The molecule has 128 valence electrons. The molecule has 25 heavy (non-hydrogen) atoms. The van der Waals surface area contributed by atoms with Crippen LogP contribution in [0.2, 0.25) is 0 Å². The van der Waals surface area contributed by atoms with E-state index in [-0.39, 0.29) is 11.9 Å². The Morgan fingerprint density at radius 3 is 2.60 bits per heavy atom. The van der Waals surface area contributed by atoms with Crippen LogP contribution in [0.25, 0.3) is 11.0 Å². The number of anilines is 1. The zero-order valence-corrected chi connectivity index (χ0v) is 14.3. The second-order valence-corrected chi connectivity index (χ2v) is 6.63. The van der Waals surface area contributed by atoms with Crippen molar-refractivity contribution in [1.82, 2.24) is 15.3 Å². The van der Waals surface area contributed by atoms with E-state index < -0.39 is 0 Å². The van der Waals surface area contributed by atoms with Gasteiger partial charge >= 0.3 is 0 Å². The second-order valence-electron chi connectivity index (χ2n) is 6.63. The minimum atomic E-state index is 0.0280. The molecule has 1 fully saturated rings. The van der Waals surface area contributed by atoms with E-state index in [0.29, 0.717) is 0 Å². The Morgan fingerprint density at radius 1 is 1.12 bits per heavy atom. The fourth-order valence-corrected chi connectivity index (χ4v) is 3.42. The van der Waals surface area contributed by atoms with Crippen molar-refractivity contribution in [3.63, 3.8) is 0 Å². The molecule has 4 rings (SSSR count). The maximum atomic E-state index is 12.5. The fourth-order valence-electron chi connectivity index (χ4n) is 3.42. The Hall–Kier alpha value is -2.82. The molecule has 0 spiro atoms. The molecular weight excluding hydrogens is 312 g/mol. The van der Waals surface area contributed by atoms with Gasteiger partial charge in [0.1, 0.15) is 0 Å². The Bertz CT molecular complexity index is 860. The Kier molecular flexibility index (Phi) is 4.14. The average Bonchev–Trinajstić information content (AvgIpc) is 3.07. The number of imidazole rings is 1. The predicted octanol–water partition coefficient (Wildman–Crippen LogP) is 3.27. The molecule has 5 heteroatoms. The highest BCUT2D eigenvalue weighted by molar-refractivity contribution is 5.95. The standard InChI is InChI=1S/C20H22N4O/c1-14-6-2-3-7-16(14)19(25)21-15-10-12-24(13-11-15)20-22-17-8-4-5-9-18(17)23-20/h2-9,15H,10-13H2,1H3,(H,21,25)(H,22,23). The molecule has 2 heterocycles. The first-order valence-corrected chi connectivity index (χ1v) is 8.77. The van der Waals surface area contributed by atoms with E-state index in [1.807, 2.05) is 55.5 Å². The summed E-state index contributed by atoms with van der Waals surface area (Å²) in [5.41, 5.74) is 3.84. The van der Waals surface area contributed by atoms with Crippen molar-refractivity contribution in [3.05, 3.63) is 59.7 Å². The van der Waals surface area contributed by atoms with Gasteiger partial charge in [0.15, 0.2) is 0 Å². The lowest BCUT2D eigenvalue weighted by Crippen LogP contribution is -2.45. The number of nitrogens with one attached hydrogen (secondary N) is 2. The van der Waals surface area contributed by atoms with Crippen LogP contribution in [-0.2, 0) is 0 Å². The lowest BCUT2D eigenvalue weighted by atomic mass is 10.0. The predicted molar refractivity (Wildman–Crippen MR) is 100.0 cm³/mol. The molecule has 1 aromatic heterocycles. The number of nitrogens with zero attached hydrogens (tertiary/aromatic N) is 2. The number of carbonyl (C=O) groups excluding carboxylic acids is 1. The summed E-state index contributed by atoms with van der Waals surface area (Å²) >= 11 is 0. The van der Waals surface area contributed by atoms with E-state index in [0.717, 1.165) is 54.0 Å². The van der Waals surface area contributed by atoms with E-state index in [4.69, 9.17) is 0 Å². The minimum absolute atomic E-state index is 0.0280. The topological polar surface area (TPSA) is 61.0 Å². The molecule has 0 bridgehead atoms. The third-order valence-corrected chi connectivity index (χ3v) is 4.90. The Balaban J connectivity index is 1.38. The number of fused-ring (bicyclic) bond motifs is 1. The van der Waals surface area contributed by atoms with Crippen molar-refractivity contribution in [2.75, 3.05) is 18.0 Å². The average molecular weight is 334 g/mol. The molecule has 1 aliphatic rings. The molecule has 0 atom stereocenters. The van der Waals surface area contributed by atoms with Gasteiger partial charge in [-0.1, -0.05) is 30.3 Å². The number of piperidine rings is 1. The van der Waals surface area contributed by atoms with Gasteiger partial charge in [-0.05, 0) is 43.5 Å². The Morgan fingerprint density at radius 2 is 1.84 bits per heavy atom. The SMILES string of the molecule is Cc1ccccc1C(=O)NC1CCN(c2nc3ccccc3[nH]2)CC1. The van der Waals surface area contributed by atoms with Gasteiger partial charge in [-0.2, -0.15) is 0 Å². The van der Waals surface area contributed by atoms with Crippen LogP contribution in [0.15, 0.2) is 48.5 Å². The summed E-state index contributed by atoms with van der Waals surface area (Å²) in [7, 11) is 0. The normalized spacial score (nSPS) is 15.5. The molecule has 5 nitrogen and oxygen atoms in total. The first kappa shape index (κ1) is 15.7. The number of H-pyrrole nitrogens is 1. The molecule has 1 amide bonds. The fraction of sp³-hybridized carbons (Fsp3) is 0.300. The van der Waals surface area contributed by atoms with Crippen molar-refractivity contribution in [2.24, 2.45) is 0 Å². The maximum Gasteiger partial charge on any atom is 0.251 e. The summed E-state index contributed by atoms with van der Waals surface area (Å²) in [6, 6.07) is 16.0. The summed E-state index contributed by atoms with van der Waals surface area (Å²) in [6.45, 7) is 3.75. The number of carbonyl (C=O) groups is 1. The highest BCUT2D eigenvalue weighted by atomic mass is 16.1. The van der Waals surface area contributed by atoms with Crippen LogP contribution in [0.1, 0.15) is 28.8 Å². The summed E-state index contributed by atoms with van der Waals surface area (Å²) in [5.74, 6) is 0.949. The second kappa shape index (κ2) is 6.59. The highest BCUT2D eigenvalue weighted by Gasteiger charge is 2.23. The van der Waals surface area contributed by atoms with E-state index in [2.05, 4.69) is 20.2 Å². The third-order valence-electron chi connectivity index (χ3n) is 4.90. The molecule has 0 aliphatic carbocycles. The smallest absolute Gasteiger partial charge is 0.251 e. The number of para-hydroxylation sites is 2. The summed E-state index contributed by atoms with van der Waals surface area (Å²) < 4.78 is 0. The number of aromatic nitrogens is 2. The number of aryl methyl sites for hydroxylation is 1. The van der Waals surface area contributed by atoms with Crippen LogP contribution in [0.4, 0.5) is 5.95 Å². The zero-order chi connectivity index (χ0) is 17.2. The third kappa shape index (κ3) is 3.22. The number of rotatable bonds is 3. The van der Waals surface area contributed by atoms with Crippen LogP contribution in [0.5, 0.6) is 0 Å². The van der Waals surface area contributed by atoms with Gasteiger partial charge < -0.3 is 15.2 Å². The number of amides is 1. The van der Waals surface area contributed by atoms with Crippen LogP contribution < -0.4 is 10.2 Å². The van der Waals surface area contributed by atoms with Gasteiger partial charge in [0.05, 0.1) is 11.0 Å². The highest BCUT2D eigenvalue weighted by Crippen LogP contribution is 2.21. The van der Waals surface area contributed by atoms with Crippen molar-refractivity contribution in [1.29, 1.82) is 0 Å². The number of hydrogen-bond acceptors (Lipinski definition) is 3. The van der Waals surface area contributed by atoms with Gasteiger partial charge in [-0.3, -0.25) is 4.79 Å². The Labute approximate surface area is 147 Å². The van der Waals surface area contributed by atoms with Gasteiger partial charge in [-0.25, -0.2) is 4.98 Å². The molecule has 1 aliphatic heterocycles. The first-order chi connectivity index (χ1) is 12.2. The van der Waals surface area contributed by atoms with Crippen molar-refractivity contribution in [2.45, 2.75) is 25.8 Å². The lowest BCUT2D eigenvalue weighted by molar-refractivity contribution is 0.0930. The van der Waals surface area contributed by atoms with Gasteiger partial charge in [-0.15, -0.1) is 0 Å². The molecule has 0 radical (unpaired) electrons. The lowest BCUT2D eigenvalue weighted by Gasteiger charge is -2.32. The quantitative estimate of drug-likeness (QED) is 0.773. The molecule has 0 saturated carbocycles. The molecule has 2 N–H and O–H groups in total.